The molecule has 1 aromatic carbocycles. The lowest BCUT2D eigenvalue weighted by atomic mass is 10.1. The molecule has 0 aromatic heterocycles. The third-order valence-electron chi connectivity index (χ3n) is 5.00. The molecule has 6 nitrogen and oxygen atoms in total. The van der Waals surface area contributed by atoms with Gasteiger partial charge in [0.05, 0.1) is 24.8 Å². The molecule has 2 heterocycles. The average Bonchev–Trinajstić information content (AvgIpc) is 2.90. The van der Waals surface area contributed by atoms with E-state index in [9.17, 15) is 9.59 Å². The van der Waals surface area contributed by atoms with Crippen LogP contribution in [-0.4, -0.2) is 72.1 Å². The van der Waals surface area contributed by atoms with Crippen molar-refractivity contribution in [2.24, 2.45) is 0 Å². The summed E-state index contributed by atoms with van der Waals surface area (Å²) in [5.74, 6) is -0.208. The van der Waals surface area contributed by atoms with Crippen molar-refractivity contribution in [3.63, 3.8) is 0 Å². The van der Waals surface area contributed by atoms with Crippen molar-refractivity contribution in [1.82, 2.24) is 9.80 Å². The molecule has 24 heavy (non-hydrogen) atoms. The second-order valence-electron chi connectivity index (χ2n) is 6.37. The van der Waals surface area contributed by atoms with Crippen molar-refractivity contribution in [3.05, 3.63) is 29.8 Å². The van der Waals surface area contributed by atoms with Gasteiger partial charge in [0.2, 0.25) is 5.91 Å². The van der Waals surface area contributed by atoms with E-state index in [0.29, 0.717) is 6.54 Å². The lowest BCUT2D eigenvalue weighted by molar-refractivity contribution is -0.123. The van der Waals surface area contributed by atoms with E-state index in [1.807, 2.05) is 31.2 Å². The van der Waals surface area contributed by atoms with Crippen LogP contribution in [0.2, 0.25) is 0 Å². The third kappa shape index (κ3) is 3.22. The highest BCUT2D eigenvalue weighted by Crippen LogP contribution is 2.29. The molecule has 2 aliphatic heterocycles. The molecule has 0 aliphatic carbocycles. The van der Waals surface area contributed by atoms with Gasteiger partial charge >= 0.3 is 0 Å². The van der Waals surface area contributed by atoms with Crippen LogP contribution in [0.5, 0.6) is 0 Å². The van der Waals surface area contributed by atoms with Gasteiger partial charge in [0.15, 0.2) is 0 Å². The number of benzene rings is 1. The van der Waals surface area contributed by atoms with E-state index in [0.717, 1.165) is 43.9 Å². The zero-order valence-corrected chi connectivity index (χ0v) is 14.1. The molecule has 0 unspecified atom stereocenters. The molecule has 2 amide bonds. The number of aliphatic hydroxyl groups excluding tert-OH is 1. The first-order valence-corrected chi connectivity index (χ1v) is 8.67. The van der Waals surface area contributed by atoms with Gasteiger partial charge in [0, 0.05) is 32.7 Å². The molecule has 3 rings (SSSR count). The number of hydrogen-bond acceptors (Lipinski definition) is 5. The molecule has 0 saturated carbocycles. The zero-order chi connectivity index (χ0) is 17.1. The van der Waals surface area contributed by atoms with E-state index < -0.39 is 0 Å². The number of aliphatic hydroxyl groups is 1. The Morgan fingerprint density at radius 2 is 1.83 bits per heavy atom. The van der Waals surface area contributed by atoms with Crippen molar-refractivity contribution >= 4 is 17.5 Å². The van der Waals surface area contributed by atoms with Gasteiger partial charge in [0.1, 0.15) is 0 Å². The summed E-state index contributed by atoms with van der Waals surface area (Å²) in [6.07, 6.45) is 1.05. The van der Waals surface area contributed by atoms with E-state index in [-0.39, 0.29) is 30.9 Å². The Morgan fingerprint density at radius 1 is 1.12 bits per heavy atom. The SMILES string of the molecule is CCc1ccccc1N1C(=O)C[C@H](N2CCN(CCO)CC2)C1=O. The number of hydrogen-bond donors (Lipinski definition) is 1. The molecule has 1 atom stereocenters. The van der Waals surface area contributed by atoms with Crippen LogP contribution in [0.3, 0.4) is 0 Å². The van der Waals surface area contributed by atoms with Gasteiger partial charge in [-0.3, -0.25) is 19.4 Å². The minimum absolute atomic E-state index is 0.100. The molecule has 2 aliphatic rings. The topological polar surface area (TPSA) is 64.1 Å². The number of imide groups is 1. The number of piperazine rings is 1. The summed E-state index contributed by atoms with van der Waals surface area (Å²) in [6, 6.07) is 7.28. The number of amides is 2. The van der Waals surface area contributed by atoms with Crippen molar-refractivity contribution < 1.29 is 14.7 Å². The largest absolute Gasteiger partial charge is 0.395 e. The van der Waals surface area contributed by atoms with Crippen LogP contribution in [0.25, 0.3) is 0 Å². The number of anilines is 1. The number of carbonyl (C=O) groups excluding carboxylic acids is 2. The maximum atomic E-state index is 12.9. The fraction of sp³-hybridized carbons (Fsp3) is 0.556. The number of nitrogens with zero attached hydrogens (tertiary/aromatic N) is 3. The maximum absolute atomic E-state index is 12.9. The van der Waals surface area contributed by atoms with Crippen molar-refractivity contribution in [2.45, 2.75) is 25.8 Å². The summed E-state index contributed by atoms with van der Waals surface area (Å²) in [7, 11) is 0. The molecule has 0 bridgehead atoms. The fourth-order valence-corrected chi connectivity index (χ4v) is 3.62. The van der Waals surface area contributed by atoms with E-state index in [2.05, 4.69) is 9.80 Å². The van der Waals surface area contributed by atoms with E-state index in [1.54, 1.807) is 0 Å². The fourth-order valence-electron chi connectivity index (χ4n) is 3.62. The maximum Gasteiger partial charge on any atom is 0.251 e. The number of rotatable bonds is 5. The predicted octanol–water partition coefficient (Wildman–Crippen LogP) is 0.491. The van der Waals surface area contributed by atoms with Crippen LogP contribution in [0.15, 0.2) is 24.3 Å². The Kier molecular flexibility index (Phi) is 5.28. The second-order valence-corrected chi connectivity index (χ2v) is 6.37. The molecule has 2 fully saturated rings. The average molecular weight is 331 g/mol. The Labute approximate surface area is 142 Å². The molecular weight excluding hydrogens is 306 g/mol. The molecule has 0 spiro atoms. The lowest BCUT2D eigenvalue weighted by Gasteiger charge is -2.36. The van der Waals surface area contributed by atoms with Gasteiger partial charge in [-0.15, -0.1) is 0 Å². The third-order valence-corrected chi connectivity index (χ3v) is 5.00. The van der Waals surface area contributed by atoms with Crippen LogP contribution in [0.1, 0.15) is 18.9 Å². The Hall–Kier alpha value is -1.76. The highest BCUT2D eigenvalue weighted by atomic mass is 16.3. The van der Waals surface area contributed by atoms with E-state index >= 15 is 0 Å². The van der Waals surface area contributed by atoms with Crippen LogP contribution in [0, 0.1) is 0 Å². The quantitative estimate of drug-likeness (QED) is 0.796. The van der Waals surface area contributed by atoms with Gasteiger partial charge in [-0.25, -0.2) is 4.90 Å². The van der Waals surface area contributed by atoms with Crippen LogP contribution in [-0.2, 0) is 16.0 Å². The van der Waals surface area contributed by atoms with Crippen LogP contribution in [0.4, 0.5) is 5.69 Å². The lowest BCUT2D eigenvalue weighted by Crippen LogP contribution is -2.53. The number of β-amino-alcohol motifs (C(OH)–C–C–N with tert-alkyl or cyclic N) is 1. The first-order valence-electron chi connectivity index (χ1n) is 8.67. The van der Waals surface area contributed by atoms with Gasteiger partial charge < -0.3 is 5.11 Å². The van der Waals surface area contributed by atoms with Gasteiger partial charge in [-0.1, -0.05) is 25.1 Å². The normalized spacial score (nSPS) is 23.2. The standard InChI is InChI=1S/C18H25N3O3/c1-2-14-5-3-4-6-15(14)21-17(23)13-16(18(21)24)20-9-7-19(8-10-20)11-12-22/h3-6,16,22H,2,7-13H2,1H3/t16-/m0/s1. The Bertz CT molecular complexity index is 611. The molecule has 1 aromatic rings. The predicted molar refractivity (Wildman–Crippen MR) is 91.8 cm³/mol. The van der Waals surface area contributed by atoms with Gasteiger partial charge in [-0.2, -0.15) is 0 Å². The summed E-state index contributed by atoms with van der Waals surface area (Å²) in [5, 5.41) is 9.02. The molecular formula is C18H25N3O3. The van der Waals surface area contributed by atoms with Crippen molar-refractivity contribution in [1.29, 1.82) is 0 Å². The van der Waals surface area contributed by atoms with Gasteiger partial charge in [0.25, 0.3) is 5.91 Å². The number of aryl methyl sites for hydroxylation is 1. The van der Waals surface area contributed by atoms with Crippen LogP contribution < -0.4 is 4.90 Å². The minimum Gasteiger partial charge on any atom is -0.395 e. The van der Waals surface area contributed by atoms with Gasteiger partial charge in [-0.05, 0) is 18.1 Å². The summed E-state index contributed by atoms with van der Waals surface area (Å²) >= 11 is 0. The Morgan fingerprint density at radius 3 is 2.50 bits per heavy atom. The monoisotopic (exact) mass is 331 g/mol. The molecule has 6 heteroatoms. The van der Waals surface area contributed by atoms with Crippen LogP contribution >= 0.6 is 0 Å². The first-order chi connectivity index (χ1) is 11.7. The summed E-state index contributed by atoms with van der Waals surface area (Å²) in [5.41, 5.74) is 1.75. The summed E-state index contributed by atoms with van der Waals surface area (Å²) < 4.78 is 0. The molecule has 0 radical (unpaired) electrons. The van der Waals surface area contributed by atoms with E-state index in [1.165, 1.54) is 4.90 Å². The molecule has 130 valence electrons. The minimum atomic E-state index is -0.348. The molecule has 1 N–H and O–H groups in total. The molecule has 2 saturated heterocycles. The van der Waals surface area contributed by atoms with Crippen molar-refractivity contribution in [3.8, 4) is 0 Å². The number of para-hydroxylation sites is 1. The van der Waals surface area contributed by atoms with Crippen molar-refractivity contribution in [2.75, 3.05) is 44.2 Å². The second kappa shape index (κ2) is 7.42. The number of carbonyl (C=O) groups is 2. The Balaban J connectivity index is 1.73. The zero-order valence-electron chi connectivity index (χ0n) is 14.1. The summed E-state index contributed by atoms with van der Waals surface area (Å²) in [6.45, 7) is 6.01. The smallest absolute Gasteiger partial charge is 0.251 e. The highest BCUT2D eigenvalue weighted by molar-refractivity contribution is 6.22. The highest BCUT2D eigenvalue weighted by Gasteiger charge is 2.43. The van der Waals surface area contributed by atoms with E-state index in [4.69, 9.17) is 5.11 Å². The summed E-state index contributed by atoms with van der Waals surface area (Å²) in [4.78, 5) is 31.1. The first kappa shape index (κ1) is 17.1.